The van der Waals surface area contributed by atoms with Gasteiger partial charge in [-0.05, 0) is 56.2 Å². The van der Waals surface area contributed by atoms with Gasteiger partial charge in [-0.15, -0.1) is 0 Å². The normalized spacial score (nSPS) is 20.3. The highest BCUT2D eigenvalue weighted by Crippen LogP contribution is 2.30. The predicted octanol–water partition coefficient (Wildman–Crippen LogP) is 3.01. The summed E-state index contributed by atoms with van der Waals surface area (Å²) in [6, 6.07) is 15.5. The molecule has 1 aromatic heterocycles. The van der Waals surface area contributed by atoms with Crippen LogP contribution in [0.5, 0.6) is 0 Å². The van der Waals surface area contributed by atoms with Gasteiger partial charge < -0.3 is 10.0 Å². The van der Waals surface area contributed by atoms with Crippen LogP contribution in [0.3, 0.4) is 0 Å². The fourth-order valence-electron chi connectivity index (χ4n) is 3.62. The highest BCUT2D eigenvalue weighted by molar-refractivity contribution is 5.95. The molecule has 1 N–H and O–H groups in total. The lowest BCUT2D eigenvalue weighted by Crippen LogP contribution is -2.47. The van der Waals surface area contributed by atoms with Crippen LogP contribution in [-0.2, 0) is 0 Å². The van der Waals surface area contributed by atoms with Gasteiger partial charge in [-0.25, -0.2) is 4.98 Å². The number of likely N-dealkylation sites (tertiary alicyclic amines) is 1. The molecule has 2 heterocycles. The molecule has 0 saturated carbocycles. The van der Waals surface area contributed by atoms with Crippen LogP contribution in [0.4, 0.5) is 0 Å². The van der Waals surface area contributed by atoms with Gasteiger partial charge in [0.25, 0.3) is 5.91 Å². The first-order valence-corrected chi connectivity index (χ1v) is 8.58. The zero-order chi connectivity index (χ0) is 17.4. The smallest absolute Gasteiger partial charge is 0.254 e. The molecule has 1 fully saturated rings. The standard InChI is InChI=1S/C20H21N3O2/c1-20(13-24)11-4-12-23(20)19(25)15-7-9-16(10-8-15)22-14-21-17-5-2-3-6-18(17)22/h2-3,5-10,14,24H,4,11-13H2,1H3. The Bertz CT molecular complexity index is 916. The topological polar surface area (TPSA) is 58.4 Å². The van der Waals surface area contributed by atoms with Gasteiger partial charge >= 0.3 is 0 Å². The molecule has 0 bridgehead atoms. The number of aliphatic hydroxyl groups is 1. The summed E-state index contributed by atoms with van der Waals surface area (Å²) in [5.74, 6) is -0.0175. The summed E-state index contributed by atoms with van der Waals surface area (Å²) < 4.78 is 2.01. The summed E-state index contributed by atoms with van der Waals surface area (Å²) in [5, 5.41) is 9.66. The van der Waals surface area contributed by atoms with E-state index in [1.54, 1.807) is 11.2 Å². The molecule has 2 aromatic carbocycles. The third kappa shape index (κ3) is 2.61. The van der Waals surface area contributed by atoms with Crippen molar-refractivity contribution in [3.63, 3.8) is 0 Å². The summed E-state index contributed by atoms with van der Waals surface area (Å²) in [4.78, 5) is 19.0. The van der Waals surface area contributed by atoms with Crippen LogP contribution in [0.15, 0.2) is 54.9 Å². The minimum atomic E-state index is -0.448. The van der Waals surface area contributed by atoms with Gasteiger partial charge in [0.1, 0.15) is 6.33 Å². The first-order chi connectivity index (χ1) is 12.1. The van der Waals surface area contributed by atoms with Crippen molar-refractivity contribution >= 4 is 16.9 Å². The van der Waals surface area contributed by atoms with Crippen molar-refractivity contribution in [2.24, 2.45) is 0 Å². The number of imidazole rings is 1. The first kappa shape index (κ1) is 15.8. The van der Waals surface area contributed by atoms with Gasteiger partial charge in [0.2, 0.25) is 0 Å². The largest absolute Gasteiger partial charge is 0.394 e. The molecule has 5 nitrogen and oxygen atoms in total. The Morgan fingerprint density at radius 1 is 1.20 bits per heavy atom. The summed E-state index contributed by atoms with van der Waals surface area (Å²) >= 11 is 0. The zero-order valence-corrected chi connectivity index (χ0v) is 14.2. The lowest BCUT2D eigenvalue weighted by Gasteiger charge is -2.33. The SMILES string of the molecule is CC1(CO)CCCN1C(=O)c1ccc(-n2cnc3ccccc32)cc1. The predicted molar refractivity (Wildman–Crippen MR) is 96.8 cm³/mol. The lowest BCUT2D eigenvalue weighted by molar-refractivity contribution is 0.0473. The third-order valence-electron chi connectivity index (χ3n) is 5.18. The van der Waals surface area contributed by atoms with Gasteiger partial charge in [-0.3, -0.25) is 9.36 Å². The highest BCUT2D eigenvalue weighted by Gasteiger charge is 2.39. The Kier molecular flexibility index (Phi) is 3.81. The molecule has 1 atom stereocenters. The van der Waals surface area contributed by atoms with Crippen LogP contribution in [0.25, 0.3) is 16.7 Å². The molecular weight excluding hydrogens is 314 g/mol. The lowest BCUT2D eigenvalue weighted by atomic mass is 9.99. The van der Waals surface area contributed by atoms with E-state index in [0.29, 0.717) is 12.1 Å². The van der Waals surface area contributed by atoms with E-state index >= 15 is 0 Å². The number of carbonyl (C=O) groups excluding carboxylic acids is 1. The van der Waals surface area contributed by atoms with E-state index in [1.165, 1.54) is 0 Å². The first-order valence-electron chi connectivity index (χ1n) is 8.58. The number of nitrogens with zero attached hydrogens (tertiary/aromatic N) is 3. The quantitative estimate of drug-likeness (QED) is 0.800. The van der Waals surface area contributed by atoms with Crippen molar-refractivity contribution in [1.29, 1.82) is 0 Å². The van der Waals surface area contributed by atoms with Gasteiger partial charge in [0, 0.05) is 17.8 Å². The zero-order valence-electron chi connectivity index (χ0n) is 14.2. The van der Waals surface area contributed by atoms with Crippen LogP contribution < -0.4 is 0 Å². The molecule has 0 spiro atoms. The second kappa shape index (κ2) is 6.01. The van der Waals surface area contributed by atoms with E-state index in [4.69, 9.17) is 0 Å². The molecular formula is C20H21N3O2. The fourth-order valence-corrected chi connectivity index (χ4v) is 3.62. The minimum Gasteiger partial charge on any atom is -0.394 e. The van der Waals surface area contributed by atoms with E-state index in [1.807, 2.05) is 60.0 Å². The Balaban J connectivity index is 1.63. The molecule has 0 radical (unpaired) electrons. The Labute approximate surface area is 146 Å². The van der Waals surface area contributed by atoms with Gasteiger partial charge in [-0.1, -0.05) is 12.1 Å². The molecule has 1 unspecified atom stereocenters. The van der Waals surface area contributed by atoms with Gasteiger partial charge in [-0.2, -0.15) is 0 Å². The number of amides is 1. The van der Waals surface area contributed by atoms with E-state index in [0.717, 1.165) is 29.6 Å². The van der Waals surface area contributed by atoms with E-state index < -0.39 is 5.54 Å². The Hall–Kier alpha value is -2.66. The maximum Gasteiger partial charge on any atom is 0.254 e. The molecule has 0 aliphatic carbocycles. The van der Waals surface area contributed by atoms with Crippen molar-refractivity contribution in [3.05, 3.63) is 60.4 Å². The van der Waals surface area contributed by atoms with E-state index in [2.05, 4.69) is 4.98 Å². The molecule has 1 aliphatic heterocycles. The van der Waals surface area contributed by atoms with E-state index in [9.17, 15) is 9.90 Å². The number of hydrogen-bond acceptors (Lipinski definition) is 3. The van der Waals surface area contributed by atoms with Crippen LogP contribution in [0.1, 0.15) is 30.1 Å². The second-order valence-corrected chi connectivity index (χ2v) is 6.87. The van der Waals surface area contributed by atoms with E-state index in [-0.39, 0.29) is 12.5 Å². The molecule has 3 aromatic rings. The molecule has 5 heteroatoms. The molecule has 128 valence electrons. The average molecular weight is 335 g/mol. The summed E-state index contributed by atoms with van der Waals surface area (Å²) in [6.45, 7) is 2.64. The van der Waals surface area contributed by atoms with Gasteiger partial charge in [0.05, 0.1) is 23.2 Å². The molecule has 4 rings (SSSR count). The number of aliphatic hydroxyl groups excluding tert-OH is 1. The number of benzene rings is 2. The Morgan fingerprint density at radius 2 is 1.96 bits per heavy atom. The summed E-state index contributed by atoms with van der Waals surface area (Å²) in [5.41, 5.74) is 3.15. The summed E-state index contributed by atoms with van der Waals surface area (Å²) in [7, 11) is 0. The number of aromatic nitrogens is 2. The molecule has 1 saturated heterocycles. The molecule has 25 heavy (non-hydrogen) atoms. The minimum absolute atomic E-state index is 0.00213. The van der Waals surface area contributed by atoms with Gasteiger partial charge in [0.15, 0.2) is 0 Å². The van der Waals surface area contributed by atoms with Crippen molar-refractivity contribution in [2.75, 3.05) is 13.2 Å². The summed E-state index contributed by atoms with van der Waals surface area (Å²) in [6.07, 6.45) is 3.57. The molecule has 1 amide bonds. The number of carbonyl (C=O) groups is 1. The van der Waals surface area contributed by atoms with Crippen LogP contribution in [0, 0.1) is 0 Å². The third-order valence-corrected chi connectivity index (χ3v) is 5.18. The van der Waals surface area contributed by atoms with Crippen LogP contribution in [0.2, 0.25) is 0 Å². The highest BCUT2D eigenvalue weighted by atomic mass is 16.3. The maximum absolute atomic E-state index is 12.8. The van der Waals surface area contributed by atoms with Crippen molar-refractivity contribution in [3.8, 4) is 5.69 Å². The fraction of sp³-hybridized carbons (Fsp3) is 0.300. The van der Waals surface area contributed by atoms with Crippen LogP contribution in [-0.4, -0.2) is 44.2 Å². The second-order valence-electron chi connectivity index (χ2n) is 6.87. The number of rotatable bonds is 3. The average Bonchev–Trinajstić information content (AvgIpc) is 3.25. The number of hydrogen-bond donors (Lipinski definition) is 1. The number of para-hydroxylation sites is 2. The van der Waals surface area contributed by atoms with Crippen molar-refractivity contribution in [1.82, 2.24) is 14.5 Å². The maximum atomic E-state index is 12.8. The van der Waals surface area contributed by atoms with Crippen molar-refractivity contribution in [2.45, 2.75) is 25.3 Å². The molecule has 1 aliphatic rings. The van der Waals surface area contributed by atoms with Crippen LogP contribution >= 0.6 is 0 Å². The van der Waals surface area contributed by atoms with Crippen molar-refractivity contribution < 1.29 is 9.90 Å². The monoisotopic (exact) mass is 335 g/mol. The Morgan fingerprint density at radius 3 is 2.72 bits per heavy atom. The number of fused-ring (bicyclic) bond motifs is 1.